The molecule has 0 N–H and O–H groups in total. The molecule has 4 heteroatoms. The van der Waals surface area contributed by atoms with Gasteiger partial charge in [0.25, 0.3) is 0 Å². The van der Waals surface area contributed by atoms with E-state index in [0.29, 0.717) is 5.15 Å². The molecule has 0 atom stereocenters. The topological polar surface area (TPSA) is 25.8 Å². The van der Waals surface area contributed by atoms with Crippen molar-refractivity contribution in [2.24, 2.45) is 0 Å². The van der Waals surface area contributed by atoms with Crippen LogP contribution in [0, 0.1) is 5.38 Å². The molecule has 2 rings (SSSR count). The Bertz CT molecular complexity index is 372. The van der Waals surface area contributed by atoms with E-state index in [1.807, 2.05) is 12.1 Å². The summed E-state index contributed by atoms with van der Waals surface area (Å²) in [6, 6.07) is 3.81. The van der Waals surface area contributed by atoms with Gasteiger partial charge < -0.3 is 0 Å². The fourth-order valence-electron chi connectivity index (χ4n) is 0.838. The van der Waals surface area contributed by atoms with Crippen LogP contribution in [0.2, 0.25) is 5.15 Å². The molecule has 2 heterocycles. The maximum absolute atomic E-state index is 5.63. The third kappa shape index (κ3) is 1.47. The van der Waals surface area contributed by atoms with Gasteiger partial charge in [0, 0.05) is 18.0 Å². The van der Waals surface area contributed by atoms with E-state index in [-0.39, 0.29) is 0 Å². The molecule has 0 saturated carbocycles. The summed E-state index contributed by atoms with van der Waals surface area (Å²) >= 11 is 7.03. The molecule has 0 aliphatic carbocycles. The van der Waals surface area contributed by atoms with Gasteiger partial charge in [-0.3, -0.25) is 4.98 Å². The van der Waals surface area contributed by atoms with Crippen molar-refractivity contribution in [3.8, 4) is 10.6 Å². The molecule has 2 aromatic heterocycles. The van der Waals surface area contributed by atoms with E-state index in [4.69, 9.17) is 11.6 Å². The molecule has 2 nitrogen and oxygen atoms in total. The second-order valence-corrected chi connectivity index (χ2v) is 3.31. The van der Waals surface area contributed by atoms with Crippen LogP contribution in [-0.4, -0.2) is 9.97 Å². The summed E-state index contributed by atoms with van der Waals surface area (Å²) in [6.45, 7) is 0. The van der Waals surface area contributed by atoms with E-state index in [1.165, 1.54) is 11.3 Å². The van der Waals surface area contributed by atoms with Gasteiger partial charge in [0.05, 0.1) is 5.38 Å². The first kappa shape index (κ1) is 7.71. The summed E-state index contributed by atoms with van der Waals surface area (Å²) in [5.41, 5.74) is 0.977. The summed E-state index contributed by atoms with van der Waals surface area (Å²) in [5, 5.41) is 4.11. The van der Waals surface area contributed by atoms with E-state index < -0.39 is 0 Å². The minimum absolute atomic E-state index is 0.416. The van der Waals surface area contributed by atoms with Gasteiger partial charge in [-0.15, -0.1) is 11.3 Å². The monoisotopic (exact) mass is 195 g/mol. The molecule has 0 unspecified atom stereocenters. The third-order valence-electron chi connectivity index (χ3n) is 1.34. The van der Waals surface area contributed by atoms with Crippen LogP contribution in [0.4, 0.5) is 0 Å². The lowest BCUT2D eigenvalue weighted by atomic mass is 10.3. The Labute approximate surface area is 78.9 Å². The van der Waals surface area contributed by atoms with Gasteiger partial charge in [0.15, 0.2) is 0 Å². The third-order valence-corrected chi connectivity index (χ3v) is 2.45. The fraction of sp³-hybridized carbons (Fsp3) is 0. The van der Waals surface area contributed by atoms with Gasteiger partial charge in [0.2, 0.25) is 0 Å². The number of hydrogen-bond acceptors (Lipinski definition) is 3. The molecule has 0 spiro atoms. The molecule has 0 saturated heterocycles. The van der Waals surface area contributed by atoms with E-state index in [9.17, 15) is 0 Å². The number of rotatable bonds is 1. The lowest BCUT2D eigenvalue weighted by molar-refractivity contribution is 1.31. The van der Waals surface area contributed by atoms with Crippen molar-refractivity contribution in [2.45, 2.75) is 0 Å². The molecule has 0 aromatic carbocycles. The van der Waals surface area contributed by atoms with Crippen LogP contribution in [-0.2, 0) is 0 Å². The maximum atomic E-state index is 5.63. The largest absolute Gasteiger partial charge is 0.264 e. The summed E-state index contributed by atoms with van der Waals surface area (Å²) < 4.78 is 0. The molecule has 1 radical (unpaired) electrons. The van der Waals surface area contributed by atoms with Crippen LogP contribution >= 0.6 is 22.9 Å². The predicted molar refractivity (Wildman–Crippen MR) is 49.2 cm³/mol. The van der Waals surface area contributed by atoms with E-state index in [0.717, 1.165) is 10.6 Å². The quantitative estimate of drug-likeness (QED) is 0.699. The number of pyridine rings is 1. The molecule has 2 aromatic rings. The van der Waals surface area contributed by atoms with E-state index in [2.05, 4.69) is 15.3 Å². The van der Waals surface area contributed by atoms with Gasteiger partial charge in [-0.05, 0) is 12.1 Å². The van der Waals surface area contributed by atoms with Crippen LogP contribution < -0.4 is 0 Å². The predicted octanol–water partition coefficient (Wildman–Crippen LogP) is 2.66. The minimum atomic E-state index is 0.416. The molecule has 0 amide bonds. The number of nitrogens with zero attached hydrogens (tertiary/aromatic N) is 2. The molecule has 0 fully saturated rings. The average Bonchev–Trinajstić information content (AvgIpc) is 2.54. The zero-order chi connectivity index (χ0) is 8.39. The Balaban J connectivity index is 2.45. The van der Waals surface area contributed by atoms with Gasteiger partial charge in [0.1, 0.15) is 10.2 Å². The standard InChI is InChI=1S/C8H4ClN2S/c9-7-5-12-8(11-7)6-2-1-3-10-4-6/h1-4H. The molecule has 12 heavy (non-hydrogen) atoms. The number of aromatic nitrogens is 2. The highest BCUT2D eigenvalue weighted by Gasteiger charge is 2.01. The highest BCUT2D eigenvalue weighted by molar-refractivity contribution is 7.13. The van der Waals surface area contributed by atoms with Crippen molar-refractivity contribution in [3.63, 3.8) is 0 Å². The maximum Gasteiger partial charge on any atom is 0.149 e. The van der Waals surface area contributed by atoms with Crippen LogP contribution in [0.15, 0.2) is 24.5 Å². The Morgan fingerprint density at radius 1 is 1.50 bits per heavy atom. The second-order valence-electron chi connectivity index (χ2n) is 2.15. The van der Waals surface area contributed by atoms with Crippen molar-refractivity contribution >= 4 is 22.9 Å². The van der Waals surface area contributed by atoms with Gasteiger partial charge in [-0.2, -0.15) is 0 Å². The SMILES string of the molecule is Clc1[c]sc(-c2cccnc2)n1. The van der Waals surface area contributed by atoms with Gasteiger partial charge in [-0.25, -0.2) is 4.98 Å². The molecule has 59 valence electrons. The number of thiazole rings is 1. The lowest BCUT2D eigenvalue weighted by Crippen LogP contribution is -1.76. The van der Waals surface area contributed by atoms with Crippen molar-refractivity contribution in [3.05, 3.63) is 35.1 Å². The van der Waals surface area contributed by atoms with Gasteiger partial charge in [-0.1, -0.05) is 11.6 Å². The highest BCUT2D eigenvalue weighted by Crippen LogP contribution is 2.23. The first-order chi connectivity index (χ1) is 5.86. The normalized spacial score (nSPS) is 10.1. The summed E-state index contributed by atoms with van der Waals surface area (Å²) in [6.07, 6.45) is 3.48. The van der Waals surface area contributed by atoms with E-state index in [1.54, 1.807) is 12.4 Å². The Hall–Kier alpha value is -0.930. The summed E-state index contributed by atoms with van der Waals surface area (Å²) in [4.78, 5) is 8.05. The van der Waals surface area contributed by atoms with Crippen molar-refractivity contribution in [2.75, 3.05) is 0 Å². The molecule has 0 bridgehead atoms. The number of halogens is 1. The van der Waals surface area contributed by atoms with E-state index >= 15 is 0 Å². The van der Waals surface area contributed by atoms with Gasteiger partial charge >= 0.3 is 0 Å². The van der Waals surface area contributed by atoms with Crippen molar-refractivity contribution in [1.82, 2.24) is 9.97 Å². The first-order valence-corrected chi connectivity index (χ1v) is 4.50. The first-order valence-electron chi connectivity index (χ1n) is 3.30. The average molecular weight is 196 g/mol. The Kier molecular flexibility index (Phi) is 2.06. The lowest BCUT2D eigenvalue weighted by Gasteiger charge is -1.91. The zero-order valence-electron chi connectivity index (χ0n) is 5.99. The summed E-state index contributed by atoms with van der Waals surface area (Å²) in [7, 11) is 0. The van der Waals surface area contributed by atoms with Crippen molar-refractivity contribution < 1.29 is 0 Å². The van der Waals surface area contributed by atoms with Crippen LogP contribution in [0.5, 0.6) is 0 Å². The van der Waals surface area contributed by atoms with Crippen LogP contribution in [0.1, 0.15) is 0 Å². The molecule has 0 aliphatic heterocycles. The minimum Gasteiger partial charge on any atom is -0.264 e. The number of hydrogen-bond donors (Lipinski definition) is 0. The van der Waals surface area contributed by atoms with Crippen LogP contribution in [0.3, 0.4) is 0 Å². The highest BCUT2D eigenvalue weighted by atomic mass is 35.5. The second kappa shape index (κ2) is 3.21. The molecular weight excluding hydrogens is 192 g/mol. The van der Waals surface area contributed by atoms with Crippen LogP contribution in [0.25, 0.3) is 10.6 Å². The Morgan fingerprint density at radius 2 is 2.42 bits per heavy atom. The summed E-state index contributed by atoms with van der Waals surface area (Å²) in [5.74, 6) is 0. The molecular formula is C8H4ClN2S. The fourth-order valence-corrected chi connectivity index (χ4v) is 1.69. The zero-order valence-corrected chi connectivity index (χ0v) is 7.56. The molecule has 0 aliphatic rings. The van der Waals surface area contributed by atoms with Crippen molar-refractivity contribution in [1.29, 1.82) is 0 Å². The smallest absolute Gasteiger partial charge is 0.149 e. The Morgan fingerprint density at radius 3 is 3.00 bits per heavy atom.